The molecule has 3 aromatic rings. The molecule has 0 radical (unpaired) electrons. The van der Waals surface area contributed by atoms with E-state index in [0.717, 1.165) is 24.4 Å². The van der Waals surface area contributed by atoms with Crippen molar-refractivity contribution in [1.82, 2.24) is 28.6 Å². The lowest BCUT2D eigenvalue weighted by molar-refractivity contribution is 0.383. The van der Waals surface area contributed by atoms with Crippen molar-refractivity contribution in [2.45, 2.75) is 35.6 Å². The molecule has 32 heavy (non-hydrogen) atoms. The van der Waals surface area contributed by atoms with E-state index < -0.39 is 20.0 Å². The summed E-state index contributed by atoms with van der Waals surface area (Å²) < 4.78 is 56.5. The van der Waals surface area contributed by atoms with E-state index in [2.05, 4.69) is 24.7 Å². The molecule has 11 nitrogen and oxygen atoms in total. The molecule has 1 N–H and O–H groups in total. The number of aromatic nitrogens is 4. The first-order valence-electron chi connectivity index (χ1n) is 10.3. The fraction of sp³-hybridized carbons (Fsp3) is 0.421. The third-order valence-corrected chi connectivity index (χ3v) is 9.04. The van der Waals surface area contributed by atoms with E-state index in [1.54, 1.807) is 4.52 Å². The number of nitrogens with one attached hydrogen (secondary N) is 1. The second-order valence-corrected chi connectivity index (χ2v) is 11.6. The van der Waals surface area contributed by atoms with Gasteiger partial charge in [0.15, 0.2) is 0 Å². The Balaban J connectivity index is 1.31. The highest BCUT2D eigenvalue weighted by Crippen LogP contribution is 2.25. The summed E-state index contributed by atoms with van der Waals surface area (Å²) in [6.07, 6.45) is 3.11. The molecule has 0 atom stereocenters. The molecule has 1 saturated carbocycles. The van der Waals surface area contributed by atoms with Crippen LogP contribution in [0.5, 0.6) is 0 Å². The van der Waals surface area contributed by atoms with Crippen LogP contribution in [0.1, 0.15) is 18.5 Å². The van der Waals surface area contributed by atoms with Crippen molar-refractivity contribution in [3.63, 3.8) is 0 Å². The first-order chi connectivity index (χ1) is 15.2. The lowest BCUT2D eigenvalue weighted by Gasteiger charge is -2.35. The van der Waals surface area contributed by atoms with Crippen LogP contribution in [0.3, 0.4) is 0 Å². The average molecular weight is 478 g/mol. The maximum Gasteiger partial charge on any atom is 0.254 e. The molecular weight excluding hydrogens is 454 g/mol. The van der Waals surface area contributed by atoms with Crippen LogP contribution in [0.2, 0.25) is 0 Å². The molecule has 13 heteroatoms. The van der Waals surface area contributed by atoms with E-state index in [1.807, 2.05) is 13.0 Å². The molecule has 0 amide bonds. The molecule has 0 bridgehead atoms. The average Bonchev–Trinajstić information content (AvgIpc) is 3.45. The van der Waals surface area contributed by atoms with Crippen LogP contribution in [-0.2, 0) is 20.0 Å². The van der Waals surface area contributed by atoms with Gasteiger partial charge in [-0.25, -0.2) is 26.5 Å². The Morgan fingerprint density at radius 2 is 1.62 bits per heavy atom. The summed E-state index contributed by atoms with van der Waals surface area (Å²) >= 11 is 0. The normalized spacial score (nSPS) is 18.3. The number of hydrogen-bond donors (Lipinski definition) is 1. The number of fused-ring (bicyclic) bond motifs is 1. The standard InChI is InChI=1S/C19H23N7O4S2/c1-14-12-18(26-19(22-14)20-13-21-26)24-8-10-25(11-9-24)32(29,30)17-6-4-16(5-7-17)31(27,28)23-15-2-3-15/h4-7,12-13,15,23H,2-3,8-11H2,1H3. The second-order valence-electron chi connectivity index (χ2n) is 7.99. The van der Waals surface area contributed by atoms with Gasteiger partial charge in [-0.3, -0.25) is 0 Å². The molecule has 5 rings (SSSR count). The van der Waals surface area contributed by atoms with Gasteiger partial charge in [0.1, 0.15) is 12.1 Å². The Morgan fingerprint density at radius 3 is 2.28 bits per heavy atom. The monoisotopic (exact) mass is 477 g/mol. The van der Waals surface area contributed by atoms with E-state index in [0.29, 0.717) is 32.0 Å². The lowest BCUT2D eigenvalue weighted by Crippen LogP contribution is -2.49. The minimum Gasteiger partial charge on any atom is -0.354 e. The highest BCUT2D eigenvalue weighted by atomic mass is 32.2. The number of hydrogen-bond acceptors (Lipinski definition) is 8. The van der Waals surface area contributed by atoms with Crippen LogP contribution < -0.4 is 9.62 Å². The largest absolute Gasteiger partial charge is 0.354 e. The number of piperazine rings is 1. The zero-order chi connectivity index (χ0) is 22.5. The first kappa shape index (κ1) is 21.2. The maximum atomic E-state index is 13.1. The number of aryl methyl sites for hydroxylation is 1. The number of anilines is 1. The Labute approximate surface area is 186 Å². The van der Waals surface area contributed by atoms with E-state index in [4.69, 9.17) is 0 Å². The molecule has 2 aromatic heterocycles. The molecule has 170 valence electrons. The summed E-state index contributed by atoms with van der Waals surface area (Å²) in [5, 5.41) is 4.22. The molecule has 3 heterocycles. The van der Waals surface area contributed by atoms with Gasteiger partial charge in [-0.2, -0.15) is 18.9 Å². The van der Waals surface area contributed by atoms with Crippen LogP contribution in [0.25, 0.3) is 5.78 Å². The summed E-state index contributed by atoms with van der Waals surface area (Å²) in [5.74, 6) is 1.32. The smallest absolute Gasteiger partial charge is 0.254 e. The van der Waals surface area contributed by atoms with E-state index in [1.165, 1.54) is 34.9 Å². The minimum absolute atomic E-state index is 0.0114. The minimum atomic E-state index is -3.74. The lowest BCUT2D eigenvalue weighted by atomic mass is 10.3. The summed E-state index contributed by atoms with van der Waals surface area (Å²) in [7, 11) is -7.36. The van der Waals surface area contributed by atoms with Crippen LogP contribution in [0.15, 0.2) is 46.5 Å². The first-order valence-corrected chi connectivity index (χ1v) is 13.2. The van der Waals surface area contributed by atoms with Gasteiger partial charge in [-0.15, -0.1) is 0 Å². The van der Waals surface area contributed by atoms with Crippen molar-refractivity contribution in [2.24, 2.45) is 0 Å². The van der Waals surface area contributed by atoms with Gasteiger partial charge in [0.05, 0.1) is 9.79 Å². The van der Waals surface area contributed by atoms with Crippen molar-refractivity contribution >= 4 is 31.6 Å². The highest BCUT2D eigenvalue weighted by Gasteiger charge is 2.31. The Bertz CT molecular complexity index is 1360. The molecular formula is C19H23N7O4S2. The van der Waals surface area contributed by atoms with E-state index in [9.17, 15) is 16.8 Å². The molecule has 1 aliphatic heterocycles. The van der Waals surface area contributed by atoms with E-state index >= 15 is 0 Å². The fourth-order valence-corrected chi connectivity index (χ4v) is 6.45. The second kappa shape index (κ2) is 7.76. The van der Waals surface area contributed by atoms with Gasteiger partial charge in [0.2, 0.25) is 20.0 Å². The van der Waals surface area contributed by atoms with Crippen LogP contribution in [-0.4, -0.2) is 72.9 Å². The summed E-state index contributed by atoms with van der Waals surface area (Å²) in [6.45, 7) is 3.43. The zero-order valence-corrected chi connectivity index (χ0v) is 19.0. The molecule has 0 spiro atoms. The van der Waals surface area contributed by atoms with Crippen LogP contribution in [0, 0.1) is 6.92 Å². The van der Waals surface area contributed by atoms with Gasteiger partial charge in [0, 0.05) is 44.0 Å². The number of nitrogens with zero attached hydrogens (tertiary/aromatic N) is 6. The summed E-state index contributed by atoms with van der Waals surface area (Å²) in [5.41, 5.74) is 0.807. The fourth-order valence-electron chi connectivity index (χ4n) is 3.72. The summed E-state index contributed by atoms with van der Waals surface area (Å²) in [6, 6.07) is 7.29. The molecule has 1 saturated heterocycles. The molecule has 2 fully saturated rings. The van der Waals surface area contributed by atoms with Crippen molar-refractivity contribution in [1.29, 1.82) is 0 Å². The topological polar surface area (TPSA) is 130 Å². The van der Waals surface area contributed by atoms with Gasteiger partial charge in [0.25, 0.3) is 5.78 Å². The van der Waals surface area contributed by atoms with Gasteiger partial charge in [-0.05, 0) is 44.0 Å². The highest BCUT2D eigenvalue weighted by molar-refractivity contribution is 7.89. The zero-order valence-electron chi connectivity index (χ0n) is 17.4. The molecule has 0 unspecified atom stereocenters. The van der Waals surface area contributed by atoms with Crippen LogP contribution >= 0.6 is 0 Å². The maximum absolute atomic E-state index is 13.1. The third-order valence-electron chi connectivity index (χ3n) is 5.59. The van der Waals surface area contributed by atoms with Gasteiger partial charge in [-0.1, -0.05) is 0 Å². The van der Waals surface area contributed by atoms with Crippen LogP contribution in [0.4, 0.5) is 5.82 Å². The van der Waals surface area contributed by atoms with Crippen molar-refractivity contribution < 1.29 is 16.8 Å². The summed E-state index contributed by atoms with van der Waals surface area (Å²) in [4.78, 5) is 10.7. The van der Waals surface area contributed by atoms with Crippen molar-refractivity contribution in [3.05, 3.63) is 42.4 Å². The van der Waals surface area contributed by atoms with E-state index in [-0.39, 0.29) is 15.8 Å². The number of benzene rings is 1. The Morgan fingerprint density at radius 1 is 0.969 bits per heavy atom. The van der Waals surface area contributed by atoms with Gasteiger partial charge >= 0.3 is 0 Å². The predicted octanol–water partition coefficient (Wildman–Crippen LogP) is 0.384. The third kappa shape index (κ3) is 3.96. The SMILES string of the molecule is Cc1cc(N2CCN(S(=O)(=O)c3ccc(S(=O)(=O)NC4CC4)cc3)CC2)n2ncnc2n1. The molecule has 1 aromatic carbocycles. The number of rotatable bonds is 6. The van der Waals surface area contributed by atoms with Crippen molar-refractivity contribution in [2.75, 3.05) is 31.1 Å². The quantitative estimate of drug-likeness (QED) is 0.539. The molecule has 2 aliphatic rings. The Kier molecular flexibility index (Phi) is 5.15. The molecule has 1 aliphatic carbocycles. The Hall–Kier alpha value is -2.61. The van der Waals surface area contributed by atoms with Gasteiger partial charge < -0.3 is 4.90 Å². The predicted molar refractivity (Wildman–Crippen MR) is 116 cm³/mol. The van der Waals surface area contributed by atoms with Crippen molar-refractivity contribution in [3.8, 4) is 0 Å². The number of sulfonamides is 2.